The number of hydrogen-bond donors (Lipinski definition) is 0. The number of hydrogen-bond acceptors (Lipinski definition) is 4. The van der Waals surface area contributed by atoms with Crippen LogP contribution in [0.2, 0.25) is 0 Å². The summed E-state index contributed by atoms with van der Waals surface area (Å²) in [5.41, 5.74) is 1.50. The lowest BCUT2D eigenvalue weighted by Crippen LogP contribution is -2.34. The highest BCUT2D eigenvalue weighted by atomic mass is 32.1. The molecule has 2 aromatic rings. The van der Waals surface area contributed by atoms with Gasteiger partial charge in [-0.3, -0.25) is 9.59 Å². The number of anilines is 1. The first-order valence-corrected chi connectivity index (χ1v) is 8.68. The van der Waals surface area contributed by atoms with E-state index in [4.69, 9.17) is 4.42 Å². The van der Waals surface area contributed by atoms with Gasteiger partial charge in [-0.2, -0.15) is 11.3 Å². The molecule has 4 rings (SSSR count). The van der Waals surface area contributed by atoms with Crippen LogP contribution in [0.25, 0.3) is 0 Å². The summed E-state index contributed by atoms with van der Waals surface area (Å²) in [6, 6.07) is 3.70. The molecule has 2 aliphatic heterocycles. The number of carbonyl (C=O) groups is 2. The van der Waals surface area contributed by atoms with Gasteiger partial charge in [-0.15, -0.1) is 0 Å². The van der Waals surface area contributed by atoms with Crippen molar-refractivity contribution in [2.75, 3.05) is 24.5 Å². The van der Waals surface area contributed by atoms with Crippen molar-refractivity contribution in [1.29, 1.82) is 0 Å². The minimum atomic E-state index is -0.105. The van der Waals surface area contributed by atoms with Gasteiger partial charge in [0.15, 0.2) is 0 Å². The molecule has 6 heteroatoms. The predicted octanol–water partition coefficient (Wildman–Crippen LogP) is 2.92. The van der Waals surface area contributed by atoms with Gasteiger partial charge in [0.1, 0.15) is 5.76 Å². The highest BCUT2D eigenvalue weighted by Gasteiger charge is 2.49. The van der Waals surface area contributed by atoms with Crippen molar-refractivity contribution < 1.29 is 14.0 Å². The smallest absolute Gasteiger partial charge is 0.257 e. The zero-order chi connectivity index (χ0) is 16.0. The summed E-state index contributed by atoms with van der Waals surface area (Å²) in [4.78, 5) is 28.8. The minimum Gasteiger partial charge on any atom is -0.469 e. The Morgan fingerprint density at radius 3 is 2.91 bits per heavy atom. The summed E-state index contributed by atoms with van der Waals surface area (Å²) >= 11 is 1.60. The molecule has 0 bridgehead atoms. The molecule has 2 fully saturated rings. The lowest BCUT2D eigenvalue weighted by Gasteiger charge is -2.23. The van der Waals surface area contributed by atoms with E-state index in [1.54, 1.807) is 30.6 Å². The van der Waals surface area contributed by atoms with Crippen molar-refractivity contribution in [3.05, 3.63) is 40.5 Å². The summed E-state index contributed by atoms with van der Waals surface area (Å²) in [6.07, 6.45) is 2.95. The maximum Gasteiger partial charge on any atom is 0.257 e. The molecule has 0 N–H and O–H groups in total. The van der Waals surface area contributed by atoms with E-state index in [1.807, 2.05) is 26.6 Å². The molecule has 4 heterocycles. The lowest BCUT2D eigenvalue weighted by molar-refractivity contribution is -0.117. The number of amides is 2. The summed E-state index contributed by atoms with van der Waals surface area (Å²) in [6.45, 7) is 3.85. The molecule has 0 unspecified atom stereocenters. The number of carbonyl (C=O) groups excluding carboxylic acids is 2. The third-order valence-electron chi connectivity index (χ3n) is 4.95. The van der Waals surface area contributed by atoms with Crippen LogP contribution in [0.3, 0.4) is 0 Å². The number of thiophene rings is 1. The van der Waals surface area contributed by atoms with Gasteiger partial charge in [0.05, 0.1) is 17.5 Å². The summed E-state index contributed by atoms with van der Waals surface area (Å²) in [5.74, 6) is 0.824. The predicted molar refractivity (Wildman–Crippen MR) is 87.7 cm³/mol. The van der Waals surface area contributed by atoms with E-state index in [2.05, 4.69) is 0 Å². The van der Waals surface area contributed by atoms with Gasteiger partial charge < -0.3 is 14.2 Å². The molecular formula is C17H18N2O3S. The van der Waals surface area contributed by atoms with Gasteiger partial charge in [0, 0.05) is 36.9 Å². The van der Waals surface area contributed by atoms with Gasteiger partial charge in [-0.05, 0) is 30.9 Å². The molecule has 0 aromatic carbocycles. The number of nitrogens with zero attached hydrogens (tertiary/aromatic N) is 2. The van der Waals surface area contributed by atoms with Crippen LogP contribution >= 0.6 is 11.3 Å². The second kappa shape index (κ2) is 5.23. The van der Waals surface area contributed by atoms with Crippen LogP contribution in [-0.4, -0.2) is 36.3 Å². The van der Waals surface area contributed by atoms with Crippen LogP contribution in [0.15, 0.2) is 33.6 Å². The van der Waals surface area contributed by atoms with E-state index in [0.717, 1.165) is 12.1 Å². The molecule has 2 saturated heterocycles. The summed E-state index contributed by atoms with van der Waals surface area (Å²) in [5, 5.41) is 3.99. The fourth-order valence-corrected chi connectivity index (χ4v) is 4.34. The fraction of sp³-hybridized carbons (Fsp3) is 0.412. The zero-order valence-corrected chi connectivity index (χ0v) is 13.8. The molecule has 2 aromatic heterocycles. The van der Waals surface area contributed by atoms with Crippen LogP contribution in [0.1, 0.15) is 29.0 Å². The van der Waals surface area contributed by atoms with Crippen LogP contribution < -0.4 is 4.90 Å². The van der Waals surface area contributed by atoms with Gasteiger partial charge in [-0.25, -0.2) is 0 Å². The largest absolute Gasteiger partial charge is 0.469 e. The molecule has 2 amide bonds. The monoisotopic (exact) mass is 330 g/mol. The second-order valence-electron chi connectivity index (χ2n) is 6.51. The van der Waals surface area contributed by atoms with E-state index in [1.165, 1.54) is 0 Å². The minimum absolute atomic E-state index is 0.00885. The van der Waals surface area contributed by atoms with Crippen LogP contribution in [0.5, 0.6) is 0 Å². The van der Waals surface area contributed by atoms with Crippen molar-refractivity contribution in [1.82, 2.24) is 4.90 Å². The Hall–Kier alpha value is -2.08. The Kier molecular flexibility index (Phi) is 3.30. The van der Waals surface area contributed by atoms with Gasteiger partial charge in [0.2, 0.25) is 5.91 Å². The summed E-state index contributed by atoms with van der Waals surface area (Å²) in [7, 11) is 0. The van der Waals surface area contributed by atoms with E-state index in [9.17, 15) is 9.59 Å². The SMILES string of the molecule is Cc1occc1C(=O)N1CC[C@@]2(CC(=O)N(c3ccsc3)C2)C1. The normalized spacial score (nSPS) is 24.1. The molecule has 1 atom stereocenters. The molecule has 2 aliphatic rings. The highest BCUT2D eigenvalue weighted by molar-refractivity contribution is 7.08. The van der Waals surface area contributed by atoms with Crippen molar-refractivity contribution in [2.45, 2.75) is 19.8 Å². The topological polar surface area (TPSA) is 53.8 Å². The molecular weight excluding hydrogens is 312 g/mol. The van der Waals surface area contributed by atoms with E-state index in [0.29, 0.717) is 37.4 Å². The maximum atomic E-state index is 12.6. The molecule has 23 heavy (non-hydrogen) atoms. The van der Waals surface area contributed by atoms with Crippen LogP contribution in [0, 0.1) is 12.3 Å². The van der Waals surface area contributed by atoms with Crippen LogP contribution in [-0.2, 0) is 4.79 Å². The summed E-state index contributed by atoms with van der Waals surface area (Å²) < 4.78 is 5.24. The highest BCUT2D eigenvalue weighted by Crippen LogP contribution is 2.42. The van der Waals surface area contributed by atoms with E-state index in [-0.39, 0.29) is 17.2 Å². The fourth-order valence-electron chi connectivity index (χ4n) is 3.70. The zero-order valence-electron chi connectivity index (χ0n) is 12.9. The number of likely N-dealkylation sites (tertiary alicyclic amines) is 1. The Morgan fingerprint density at radius 1 is 1.35 bits per heavy atom. The Balaban J connectivity index is 1.51. The standard InChI is InChI=1S/C17H18N2O3S/c1-12-14(2-6-22-12)16(21)18-5-4-17(10-18)8-15(20)19(11-17)13-3-7-23-9-13/h2-3,6-7,9H,4-5,8,10-11H2,1H3/t17-/m1/s1. The third kappa shape index (κ3) is 2.37. The molecule has 5 nitrogen and oxygen atoms in total. The number of furan rings is 1. The van der Waals surface area contributed by atoms with Crippen molar-refractivity contribution in [3.8, 4) is 0 Å². The van der Waals surface area contributed by atoms with Crippen molar-refractivity contribution in [3.63, 3.8) is 0 Å². The van der Waals surface area contributed by atoms with Gasteiger partial charge in [-0.1, -0.05) is 0 Å². The average molecular weight is 330 g/mol. The van der Waals surface area contributed by atoms with Gasteiger partial charge in [0.25, 0.3) is 5.91 Å². The Morgan fingerprint density at radius 2 is 2.22 bits per heavy atom. The van der Waals surface area contributed by atoms with Gasteiger partial charge >= 0.3 is 0 Å². The molecule has 0 saturated carbocycles. The molecule has 120 valence electrons. The van der Waals surface area contributed by atoms with Crippen LogP contribution in [0.4, 0.5) is 5.69 Å². The quantitative estimate of drug-likeness (QED) is 0.851. The first-order valence-electron chi connectivity index (χ1n) is 7.74. The second-order valence-corrected chi connectivity index (χ2v) is 7.29. The Labute approximate surface area is 138 Å². The maximum absolute atomic E-state index is 12.6. The average Bonchev–Trinajstić information content (AvgIpc) is 3.28. The number of aryl methyl sites for hydroxylation is 1. The number of rotatable bonds is 2. The first-order chi connectivity index (χ1) is 11.1. The molecule has 1 spiro atoms. The van der Waals surface area contributed by atoms with E-state index >= 15 is 0 Å². The van der Waals surface area contributed by atoms with Crippen molar-refractivity contribution >= 4 is 28.8 Å². The third-order valence-corrected chi connectivity index (χ3v) is 5.62. The molecule has 0 radical (unpaired) electrons. The first kappa shape index (κ1) is 14.5. The van der Waals surface area contributed by atoms with Crippen molar-refractivity contribution in [2.24, 2.45) is 5.41 Å². The Bertz CT molecular complexity index is 752. The van der Waals surface area contributed by atoms with E-state index < -0.39 is 0 Å². The lowest BCUT2D eigenvalue weighted by atomic mass is 9.86. The molecule has 0 aliphatic carbocycles.